The van der Waals surface area contributed by atoms with Crippen molar-refractivity contribution >= 4 is 28.2 Å². The molecule has 3 aromatic rings. The molecule has 1 aromatic heterocycles. The molecule has 34 heavy (non-hydrogen) atoms. The highest BCUT2D eigenvalue weighted by Crippen LogP contribution is 2.28. The highest BCUT2D eigenvalue weighted by atomic mass is 16.5. The number of anilines is 2. The summed E-state index contributed by atoms with van der Waals surface area (Å²) >= 11 is 0. The number of methoxy groups -OCH3 is 1. The molecule has 0 radical (unpaired) electrons. The number of rotatable bonds is 6. The molecule has 178 valence electrons. The number of nitrogens with zero attached hydrogens (tertiary/aromatic N) is 2. The van der Waals surface area contributed by atoms with E-state index in [0.717, 1.165) is 61.3 Å². The zero-order valence-electron chi connectivity index (χ0n) is 19.7. The zero-order chi connectivity index (χ0) is 23.5. The monoisotopic (exact) mass is 460 g/mol. The Kier molecular flexibility index (Phi) is 6.43. The van der Waals surface area contributed by atoms with Crippen molar-refractivity contribution in [3.8, 4) is 5.75 Å². The largest absolute Gasteiger partial charge is 0.497 e. The summed E-state index contributed by atoms with van der Waals surface area (Å²) in [5.74, 6) is 0.770. The Bertz CT molecular complexity index is 1240. The molecule has 0 spiro atoms. The SMILES string of the molecule is COc1ccc2cc(CNc3ccc(N4CCCCC4)cc3C(=O)N3CCCC3)c(=O)[nH]c2c1. The number of carbonyl (C=O) groups excluding carboxylic acids is 1. The van der Waals surface area contributed by atoms with Crippen molar-refractivity contribution in [2.45, 2.75) is 38.6 Å². The maximum absolute atomic E-state index is 13.4. The quantitative estimate of drug-likeness (QED) is 0.571. The van der Waals surface area contributed by atoms with E-state index in [0.29, 0.717) is 23.4 Å². The lowest BCUT2D eigenvalue weighted by atomic mass is 10.1. The summed E-state index contributed by atoms with van der Waals surface area (Å²) in [4.78, 5) is 33.4. The molecule has 7 heteroatoms. The first kappa shape index (κ1) is 22.3. The van der Waals surface area contributed by atoms with Crippen molar-refractivity contribution in [3.63, 3.8) is 0 Å². The van der Waals surface area contributed by atoms with Crippen molar-refractivity contribution in [2.75, 3.05) is 43.5 Å². The van der Waals surface area contributed by atoms with Gasteiger partial charge in [-0.25, -0.2) is 0 Å². The fourth-order valence-corrected chi connectivity index (χ4v) is 4.98. The van der Waals surface area contributed by atoms with Crippen molar-refractivity contribution in [1.29, 1.82) is 0 Å². The number of benzene rings is 2. The fourth-order valence-electron chi connectivity index (χ4n) is 4.98. The highest BCUT2D eigenvalue weighted by molar-refractivity contribution is 6.00. The third kappa shape index (κ3) is 4.60. The maximum Gasteiger partial charge on any atom is 0.256 e. The van der Waals surface area contributed by atoms with Crippen LogP contribution in [0.4, 0.5) is 11.4 Å². The molecule has 2 fully saturated rings. The Morgan fingerprint density at radius 2 is 1.74 bits per heavy atom. The Morgan fingerprint density at radius 3 is 2.50 bits per heavy atom. The minimum Gasteiger partial charge on any atom is -0.497 e. The summed E-state index contributed by atoms with van der Waals surface area (Å²) < 4.78 is 5.26. The number of H-pyrrole nitrogens is 1. The topological polar surface area (TPSA) is 77.7 Å². The number of hydrogen-bond donors (Lipinski definition) is 2. The number of amides is 1. The molecular formula is C27H32N4O3. The van der Waals surface area contributed by atoms with Crippen LogP contribution in [0.5, 0.6) is 5.75 Å². The summed E-state index contributed by atoms with van der Waals surface area (Å²) in [6, 6.07) is 13.6. The molecule has 2 saturated heterocycles. The third-order valence-electron chi connectivity index (χ3n) is 6.95. The van der Waals surface area contributed by atoms with Gasteiger partial charge in [-0.2, -0.15) is 0 Å². The molecule has 0 atom stereocenters. The molecule has 3 heterocycles. The lowest BCUT2D eigenvalue weighted by Gasteiger charge is -2.30. The van der Waals surface area contributed by atoms with Crippen LogP contribution in [0, 0.1) is 0 Å². The van der Waals surface area contributed by atoms with Crippen LogP contribution in [0.25, 0.3) is 10.9 Å². The van der Waals surface area contributed by atoms with Crippen LogP contribution in [0.1, 0.15) is 48.0 Å². The maximum atomic E-state index is 13.4. The van der Waals surface area contributed by atoms with Crippen LogP contribution in [0.2, 0.25) is 0 Å². The number of fused-ring (bicyclic) bond motifs is 1. The predicted molar refractivity (Wildman–Crippen MR) is 136 cm³/mol. The second-order valence-electron chi connectivity index (χ2n) is 9.21. The first-order chi connectivity index (χ1) is 16.6. The zero-order valence-corrected chi connectivity index (χ0v) is 19.7. The number of pyridine rings is 1. The number of nitrogens with one attached hydrogen (secondary N) is 2. The predicted octanol–water partition coefficient (Wildman–Crippen LogP) is 4.38. The number of likely N-dealkylation sites (tertiary alicyclic amines) is 1. The number of ether oxygens (including phenoxy) is 1. The van der Waals surface area contributed by atoms with Gasteiger partial charge in [0, 0.05) is 55.7 Å². The van der Waals surface area contributed by atoms with Crippen LogP contribution in [0.15, 0.2) is 47.3 Å². The average molecular weight is 461 g/mol. The lowest BCUT2D eigenvalue weighted by Crippen LogP contribution is -2.31. The fraction of sp³-hybridized carbons (Fsp3) is 0.407. The summed E-state index contributed by atoms with van der Waals surface area (Å²) in [5, 5.41) is 4.32. The number of aromatic amines is 1. The standard InChI is InChI=1S/C27H32N4O3/c1-34-22-9-7-19-15-20(26(32)29-25(19)17-22)18-28-24-10-8-21(30-11-3-2-4-12-30)16-23(24)27(33)31-13-5-6-14-31/h7-10,15-17,28H,2-6,11-14,18H2,1H3,(H,29,32). The van der Waals surface area contributed by atoms with E-state index in [1.165, 1.54) is 19.3 Å². The Balaban J connectivity index is 1.42. The van der Waals surface area contributed by atoms with Crippen LogP contribution >= 0.6 is 0 Å². The minimum atomic E-state index is -0.148. The van der Waals surface area contributed by atoms with E-state index >= 15 is 0 Å². The van der Waals surface area contributed by atoms with Crippen molar-refractivity contribution in [1.82, 2.24) is 9.88 Å². The number of hydrogen-bond acceptors (Lipinski definition) is 5. The Hall–Kier alpha value is -3.48. The van der Waals surface area contributed by atoms with Crippen LogP contribution < -0.4 is 20.5 Å². The van der Waals surface area contributed by atoms with Gasteiger partial charge in [0.1, 0.15) is 5.75 Å². The van der Waals surface area contributed by atoms with Gasteiger partial charge in [0.25, 0.3) is 11.5 Å². The van der Waals surface area contributed by atoms with Crippen molar-refractivity contribution in [2.24, 2.45) is 0 Å². The smallest absolute Gasteiger partial charge is 0.256 e. The molecule has 0 aliphatic carbocycles. The molecule has 2 N–H and O–H groups in total. The molecular weight excluding hydrogens is 428 g/mol. The van der Waals surface area contributed by atoms with Gasteiger partial charge in [-0.1, -0.05) is 0 Å². The van der Waals surface area contributed by atoms with Crippen molar-refractivity contribution < 1.29 is 9.53 Å². The van der Waals surface area contributed by atoms with E-state index in [4.69, 9.17) is 4.74 Å². The summed E-state index contributed by atoms with van der Waals surface area (Å²) in [7, 11) is 1.61. The Labute approximate surface area is 199 Å². The first-order valence-electron chi connectivity index (χ1n) is 12.2. The van der Waals surface area contributed by atoms with Gasteiger partial charge in [-0.15, -0.1) is 0 Å². The molecule has 1 amide bonds. The van der Waals surface area contributed by atoms with E-state index in [9.17, 15) is 9.59 Å². The van der Waals surface area contributed by atoms with Gasteiger partial charge in [-0.05, 0) is 73.9 Å². The van der Waals surface area contributed by atoms with Crippen LogP contribution in [-0.2, 0) is 6.54 Å². The molecule has 0 unspecified atom stereocenters. The summed E-state index contributed by atoms with van der Waals surface area (Å²) in [6.07, 6.45) is 5.75. The molecule has 2 aliphatic heterocycles. The molecule has 0 saturated carbocycles. The van der Waals surface area contributed by atoms with Gasteiger partial charge in [0.15, 0.2) is 0 Å². The van der Waals surface area contributed by atoms with E-state index in [2.05, 4.69) is 21.3 Å². The summed E-state index contributed by atoms with van der Waals surface area (Å²) in [6.45, 7) is 4.00. The minimum absolute atomic E-state index is 0.0679. The van der Waals surface area contributed by atoms with Crippen LogP contribution in [0.3, 0.4) is 0 Å². The van der Waals surface area contributed by atoms with Gasteiger partial charge in [-0.3, -0.25) is 9.59 Å². The molecule has 2 aliphatic rings. The Morgan fingerprint density at radius 1 is 0.971 bits per heavy atom. The summed E-state index contributed by atoms with van der Waals surface area (Å²) in [5.41, 5.74) is 3.77. The van der Waals surface area contributed by atoms with E-state index < -0.39 is 0 Å². The van der Waals surface area contributed by atoms with Gasteiger partial charge in [0.2, 0.25) is 0 Å². The number of carbonyl (C=O) groups is 1. The third-order valence-corrected chi connectivity index (χ3v) is 6.95. The number of piperidine rings is 1. The normalized spacial score (nSPS) is 16.1. The van der Waals surface area contributed by atoms with E-state index in [-0.39, 0.29) is 11.5 Å². The van der Waals surface area contributed by atoms with Gasteiger partial charge >= 0.3 is 0 Å². The van der Waals surface area contributed by atoms with Gasteiger partial charge in [0.05, 0.1) is 18.2 Å². The molecule has 5 rings (SSSR count). The first-order valence-corrected chi connectivity index (χ1v) is 12.2. The van der Waals surface area contributed by atoms with E-state index in [1.54, 1.807) is 7.11 Å². The molecule has 2 aromatic carbocycles. The van der Waals surface area contributed by atoms with Crippen molar-refractivity contribution in [3.05, 3.63) is 63.9 Å². The second-order valence-corrected chi connectivity index (χ2v) is 9.21. The second kappa shape index (κ2) is 9.79. The molecule has 7 nitrogen and oxygen atoms in total. The number of aromatic nitrogens is 1. The highest BCUT2D eigenvalue weighted by Gasteiger charge is 2.23. The lowest BCUT2D eigenvalue weighted by molar-refractivity contribution is 0.0793. The van der Waals surface area contributed by atoms with Gasteiger partial charge < -0.3 is 24.8 Å². The van der Waals surface area contributed by atoms with E-state index in [1.807, 2.05) is 41.3 Å². The van der Waals surface area contributed by atoms with Crippen LogP contribution in [-0.4, -0.2) is 49.1 Å². The molecule has 0 bridgehead atoms. The average Bonchev–Trinajstić information content (AvgIpc) is 3.42.